The number of carbonyl (C=O) groups is 1. The van der Waals surface area contributed by atoms with Gasteiger partial charge in [0.2, 0.25) is 5.88 Å². The molecule has 0 aliphatic carbocycles. The second-order valence-electron chi connectivity index (χ2n) is 5.41. The van der Waals surface area contributed by atoms with Crippen LogP contribution in [0.15, 0.2) is 36.9 Å². The van der Waals surface area contributed by atoms with Crippen LogP contribution < -0.4 is 15.0 Å². The van der Waals surface area contributed by atoms with Crippen LogP contribution in [0.4, 0.5) is 5.82 Å². The summed E-state index contributed by atoms with van der Waals surface area (Å²) in [4.78, 5) is 26.6. The normalized spacial score (nSPS) is 17.6. The van der Waals surface area contributed by atoms with Crippen LogP contribution in [0.2, 0.25) is 0 Å². The van der Waals surface area contributed by atoms with E-state index in [4.69, 9.17) is 4.74 Å². The number of aromatic nitrogens is 3. The number of amides is 1. The van der Waals surface area contributed by atoms with Gasteiger partial charge in [0, 0.05) is 43.2 Å². The SMILES string of the molecule is COc1cc(N2CCCC(NC(=O)c3ccncc3)C2)ncn1. The Hall–Kier alpha value is -2.70. The monoisotopic (exact) mass is 313 g/mol. The molecular formula is C16H19N5O2. The molecule has 1 N–H and O–H groups in total. The molecule has 1 fully saturated rings. The highest BCUT2D eigenvalue weighted by Crippen LogP contribution is 2.20. The molecule has 1 aliphatic rings. The summed E-state index contributed by atoms with van der Waals surface area (Å²) in [6.45, 7) is 1.62. The molecule has 1 unspecified atom stereocenters. The highest BCUT2D eigenvalue weighted by Gasteiger charge is 2.23. The summed E-state index contributed by atoms with van der Waals surface area (Å²) in [5, 5.41) is 3.08. The molecule has 1 atom stereocenters. The van der Waals surface area contributed by atoms with Gasteiger partial charge in [0.05, 0.1) is 7.11 Å². The number of nitrogens with zero attached hydrogens (tertiary/aromatic N) is 4. The van der Waals surface area contributed by atoms with E-state index in [0.717, 1.165) is 31.7 Å². The standard InChI is InChI=1S/C16H19N5O2/c1-23-15-9-14(18-11-19-15)21-8-2-3-13(10-21)20-16(22)12-4-6-17-7-5-12/h4-7,9,11,13H,2-3,8,10H2,1H3,(H,20,22). The molecule has 3 heterocycles. The summed E-state index contributed by atoms with van der Waals surface area (Å²) in [6, 6.07) is 5.33. The summed E-state index contributed by atoms with van der Waals surface area (Å²) in [5.41, 5.74) is 0.626. The van der Waals surface area contributed by atoms with Crippen molar-refractivity contribution in [2.45, 2.75) is 18.9 Å². The van der Waals surface area contributed by atoms with Crippen molar-refractivity contribution >= 4 is 11.7 Å². The van der Waals surface area contributed by atoms with Crippen LogP contribution in [0.1, 0.15) is 23.2 Å². The fourth-order valence-electron chi connectivity index (χ4n) is 2.69. The molecule has 1 amide bonds. The van der Waals surface area contributed by atoms with E-state index in [0.29, 0.717) is 11.4 Å². The Kier molecular flexibility index (Phi) is 4.65. The molecule has 0 saturated carbocycles. The molecule has 0 radical (unpaired) electrons. The lowest BCUT2D eigenvalue weighted by Crippen LogP contribution is -2.48. The summed E-state index contributed by atoms with van der Waals surface area (Å²) < 4.78 is 5.14. The summed E-state index contributed by atoms with van der Waals surface area (Å²) in [5.74, 6) is 1.29. The molecule has 120 valence electrons. The van der Waals surface area contributed by atoms with Gasteiger partial charge < -0.3 is 15.0 Å². The molecule has 2 aromatic rings. The first kappa shape index (κ1) is 15.2. The van der Waals surface area contributed by atoms with Crippen molar-refractivity contribution in [2.24, 2.45) is 0 Å². The number of piperidine rings is 1. The topological polar surface area (TPSA) is 80.2 Å². The number of methoxy groups -OCH3 is 1. The van der Waals surface area contributed by atoms with Gasteiger partial charge in [-0.15, -0.1) is 0 Å². The molecule has 0 spiro atoms. The van der Waals surface area contributed by atoms with E-state index in [9.17, 15) is 4.79 Å². The average Bonchev–Trinajstić information content (AvgIpc) is 2.63. The van der Waals surface area contributed by atoms with E-state index in [2.05, 4.69) is 25.2 Å². The number of pyridine rings is 1. The molecule has 2 aromatic heterocycles. The van der Waals surface area contributed by atoms with Crippen molar-refractivity contribution in [1.29, 1.82) is 0 Å². The predicted octanol–water partition coefficient (Wildman–Crippen LogP) is 1.28. The Morgan fingerprint density at radius 2 is 2.17 bits per heavy atom. The van der Waals surface area contributed by atoms with Gasteiger partial charge in [-0.3, -0.25) is 9.78 Å². The molecule has 23 heavy (non-hydrogen) atoms. The van der Waals surface area contributed by atoms with Gasteiger partial charge in [-0.05, 0) is 25.0 Å². The third-order valence-corrected chi connectivity index (χ3v) is 3.86. The van der Waals surface area contributed by atoms with Gasteiger partial charge >= 0.3 is 0 Å². The van der Waals surface area contributed by atoms with E-state index in [1.165, 1.54) is 6.33 Å². The molecular weight excluding hydrogens is 294 g/mol. The minimum absolute atomic E-state index is 0.0699. The van der Waals surface area contributed by atoms with Gasteiger partial charge in [0.25, 0.3) is 5.91 Å². The van der Waals surface area contributed by atoms with Crippen molar-refractivity contribution in [3.8, 4) is 5.88 Å². The van der Waals surface area contributed by atoms with Crippen LogP contribution in [0, 0.1) is 0 Å². The number of hydrogen-bond donors (Lipinski definition) is 1. The Morgan fingerprint density at radius 3 is 2.96 bits per heavy atom. The van der Waals surface area contributed by atoms with Crippen molar-refractivity contribution in [2.75, 3.05) is 25.1 Å². The lowest BCUT2D eigenvalue weighted by Gasteiger charge is -2.33. The van der Waals surface area contributed by atoms with Crippen molar-refractivity contribution < 1.29 is 9.53 Å². The van der Waals surface area contributed by atoms with Gasteiger partial charge in [0.15, 0.2) is 0 Å². The second kappa shape index (κ2) is 7.04. The van der Waals surface area contributed by atoms with Gasteiger partial charge in [-0.25, -0.2) is 9.97 Å². The molecule has 0 aromatic carbocycles. The first-order valence-corrected chi connectivity index (χ1v) is 7.58. The third-order valence-electron chi connectivity index (χ3n) is 3.86. The molecule has 1 saturated heterocycles. The summed E-state index contributed by atoms with van der Waals surface area (Å²) >= 11 is 0. The molecule has 7 nitrogen and oxygen atoms in total. The van der Waals surface area contributed by atoms with E-state index < -0.39 is 0 Å². The zero-order chi connectivity index (χ0) is 16.1. The van der Waals surface area contributed by atoms with E-state index in [1.807, 2.05) is 6.07 Å². The van der Waals surface area contributed by atoms with Crippen LogP contribution in [-0.2, 0) is 0 Å². The Bertz CT molecular complexity index is 665. The quantitative estimate of drug-likeness (QED) is 0.916. The zero-order valence-electron chi connectivity index (χ0n) is 13.0. The van der Waals surface area contributed by atoms with E-state index >= 15 is 0 Å². The number of carbonyl (C=O) groups excluding carboxylic acids is 1. The maximum Gasteiger partial charge on any atom is 0.251 e. The molecule has 0 bridgehead atoms. The zero-order valence-corrected chi connectivity index (χ0v) is 13.0. The minimum atomic E-state index is -0.0699. The minimum Gasteiger partial charge on any atom is -0.481 e. The molecule has 7 heteroatoms. The van der Waals surface area contributed by atoms with Crippen LogP contribution in [0.5, 0.6) is 5.88 Å². The second-order valence-corrected chi connectivity index (χ2v) is 5.41. The third kappa shape index (κ3) is 3.74. The van der Waals surface area contributed by atoms with Gasteiger partial charge in [-0.1, -0.05) is 0 Å². The van der Waals surface area contributed by atoms with Crippen molar-refractivity contribution in [3.63, 3.8) is 0 Å². The van der Waals surface area contributed by atoms with Crippen molar-refractivity contribution in [1.82, 2.24) is 20.3 Å². The maximum atomic E-state index is 12.3. The van der Waals surface area contributed by atoms with Gasteiger partial charge in [0.1, 0.15) is 12.1 Å². The number of nitrogens with one attached hydrogen (secondary N) is 1. The average molecular weight is 313 g/mol. The number of anilines is 1. The Morgan fingerprint density at radius 1 is 1.35 bits per heavy atom. The van der Waals surface area contributed by atoms with Gasteiger partial charge in [-0.2, -0.15) is 0 Å². The fraction of sp³-hybridized carbons (Fsp3) is 0.375. The van der Waals surface area contributed by atoms with Crippen LogP contribution >= 0.6 is 0 Å². The van der Waals surface area contributed by atoms with Crippen LogP contribution in [0.3, 0.4) is 0 Å². The smallest absolute Gasteiger partial charge is 0.251 e. The van der Waals surface area contributed by atoms with Crippen LogP contribution in [-0.4, -0.2) is 47.1 Å². The number of rotatable bonds is 4. The summed E-state index contributed by atoms with van der Waals surface area (Å²) in [6.07, 6.45) is 6.68. The van der Waals surface area contributed by atoms with E-state index in [1.54, 1.807) is 31.6 Å². The summed E-state index contributed by atoms with van der Waals surface area (Å²) in [7, 11) is 1.58. The lowest BCUT2D eigenvalue weighted by molar-refractivity contribution is 0.0933. The first-order valence-electron chi connectivity index (χ1n) is 7.58. The fourth-order valence-corrected chi connectivity index (χ4v) is 2.69. The van der Waals surface area contributed by atoms with Crippen molar-refractivity contribution in [3.05, 3.63) is 42.5 Å². The largest absolute Gasteiger partial charge is 0.481 e. The van der Waals surface area contributed by atoms with Crippen LogP contribution in [0.25, 0.3) is 0 Å². The Labute approximate surface area is 134 Å². The maximum absolute atomic E-state index is 12.3. The number of hydrogen-bond acceptors (Lipinski definition) is 6. The highest BCUT2D eigenvalue weighted by molar-refractivity contribution is 5.94. The molecule has 1 aliphatic heterocycles. The lowest BCUT2D eigenvalue weighted by atomic mass is 10.1. The predicted molar refractivity (Wildman–Crippen MR) is 85.5 cm³/mol. The highest BCUT2D eigenvalue weighted by atomic mass is 16.5. The first-order chi connectivity index (χ1) is 11.3. The Balaban J connectivity index is 1.65. The number of ether oxygens (including phenoxy) is 1. The van der Waals surface area contributed by atoms with E-state index in [-0.39, 0.29) is 11.9 Å². The molecule has 3 rings (SSSR count).